The number of anilines is 1. The fraction of sp³-hybridized carbons (Fsp3) is 0.556. The van der Waals surface area contributed by atoms with Gasteiger partial charge in [0.1, 0.15) is 5.92 Å². The van der Waals surface area contributed by atoms with Gasteiger partial charge >= 0.3 is 5.97 Å². The molecule has 1 N–H and O–H groups in total. The smallest absolute Gasteiger partial charge is 0.312 e. The molecule has 1 atom stereocenters. The number of para-hydroxylation sites is 1. The van der Waals surface area contributed by atoms with Crippen LogP contribution in [-0.4, -0.2) is 23.5 Å². The van der Waals surface area contributed by atoms with Gasteiger partial charge in [0.05, 0.1) is 0 Å². The SMILES string of the molecule is O=C(O)C1CN(C(=O)CCCC2CCCC2)c2ccccc21. The van der Waals surface area contributed by atoms with Crippen molar-refractivity contribution in [2.45, 2.75) is 50.9 Å². The Hall–Kier alpha value is -1.84. The summed E-state index contributed by atoms with van der Waals surface area (Å²) in [6.07, 6.45) is 7.85. The largest absolute Gasteiger partial charge is 0.481 e. The van der Waals surface area contributed by atoms with Crippen molar-refractivity contribution in [2.24, 2.45) is 5.92 Å². The maximum Gasteiger partial charge on any atom is 0.312 e. The maximum atomic E-state index is 12.5. The average Bonchev–Trinajstić information content (AvgIpc) is 3.14. The fourth-order valence-electron chi connectivity index (χ4n) is 3.83. The van der Waals surface area contributed by atoms with Crippen LogP contribution in [0.1, 0.15) is 56.4 Å². The van der Waals surface area contributed by atoms with E-state index in [0.29, 0.717) is 6.42 Å². The number of amides is 1. The summed E-state index contributed by atoms with van der Waals surface area (Å²) in [5.74, 6) is -0.580. The lowest BCUT2D eigenvalue weighted by Crippen LogP contribution is -2.31. The third kappa shape index (κ3) is 3.01. The fourth-order valence-corrected chi connectivity index (χ4v) is 3.83. The highest BCUT2D eigenvalue weighted by Crippen LogP contribution is 2.37. The van der Waals surface area contributed by atoms with E-state index in [9.17, 15) is 14.7 Å². The lowest BCUT2D eigenvalue weighted by Gasteiger charge is -2.18. The minimum atomic E-state index is -0.853. The second-order valence-corrected chi connectivity index (χ2v) is 6.50. The molecule has 1 aliphatic heterocycles. The van der Waals surface area contributed by atoms with E-state index < -0.39 is 11.9 Å². The molecule has 1 amide bonds. The molecule has 0 radical (unpaired) electrons. The monoisotopic (exact) mass is 301 g/mol. The van der Waals surface area contributed by atoms with Crippen LogP contribution in [0.3, 0.4) is 0 Å². The Kier molecular flexibility index (Phi) is 4.46. The van der Waals surface area contributed by atoms with Gasteiger partial charge in [-0.2, -0.15) is 0 Å². The number of nitrogens with zero attached hydrogens (tertiary/aromatic N) is 1. The van der Waals surface area contributed by atoms with Crippen molar-refractivity contribution >= 4 is 17.6 Å². The highest BCUT2D eigenvalue weighted by atomic mass is 16.4. The molecule has 1 aromatic rings. The van der Waals surface area contributed by atoms with Crippen molar-refractivity contribution in [3.63, 3.8) is 0 Å². The highest BCUT2D eigenvalue weighted by molar-refractivity contribution is 5.98. The zero-order valence-corrected chi connectivity index (χ0v) is 12.8. The standard InChI is InChI=1S/C18H23NO3/c20-17(11-5-8-13-6-1-2-7-13)19-12-15(18(21)22)14-9-3-4-10-16(14)19/h3-4,9-10,13,15H,1-2,5-8,11-12H2,(H,21,22). The summed E-state index contributed by atoms with van der Waals surface area (Å²) in [4.78, 5) is 25.5. The molecule has 118 valence electrons. The second kappa shape index (κ2) is 6.51. The quantitative estimate of drug-likeness (QED) is 0.904. The summed E-state index contributed by atoms with van der Waals surface area (Å²) in [5.41, 5.74) is 1.54. The number of fused-ring (bicyclic) bond motifs is 1. The summed E-state index contributed by atoms with van der Waals surface area (Å²) in [7, 11) is 0. The van der Waals surface area contributed by atoms with Gasteiger partial charge in [-0.1, -0.05) is 43.9 Å². The van der Waals surface area contributed by atoms with Crippen LogP contribution in [0.2, 0.25) is 0 Å². The Morgan fingerprint density at radius 2 is 1.91 bits per heavy atom. The van der Waals surface area contributed by atoms with Crippen LogP contribution in [0.5, 0.6) is 0 Å². The van der Waals surface area contributed by atoms with E-state index >= 15 is 0 Å². The van der Waals surface area contributed by atoms with Crippen molar-refractivity contribution in [3.05, 3.63) is 29.8 Å². The number of hydrogen-bond acceptors (Lipinski definition) is 2. The number of aliphatic carboxylic acids is 1. The first kappa shape index (κ1) is 15.1. The van der Waals surface area contributed by atoms with Gasteiger partial charge in [-0.3, -0.25) is 9.59 Å². The van der Waals surface area contributed by atoms with Crippen LogP contribution >= 0.6 is 0 Å². The molecule has 22 heavy (non-hydrogen) atoms. The number of carboxylic acid groups (broad SMARTS) is 1. The zero-order chi connectivity index (χ0) is 15.5. The predicted octanol–water partition coefficient (Wildman–Crippen LogP) is 3.56. The molecule has 3 rings (SSSR count). The summed E-state index contributed by atoms with van der Waals surface area (Å²) in [6, 6.07) is 7.37. The van der Waals surface area contributed by atoms with Crippen molar-refractivity contribution in [1.29, 1.82) is 0 Å². The molecule has 0 saturated heterocycles. The number of rotatable bonds is 5. The van der Waals surface area contributed by atoms with Gasteiger partial charge in [-0.05, 0) is 30.4 Å². The molecular weight excluding hydrogens is 278 g/mol. The van der Waals surface area contributed by atoms with E-state index in [-0.39, 0.29) is 12.5 Å². The van der Waals surface area contributed by atoms with Gasteiger partial charge in [-0.15, -0.1) is 0 Å². The van der Waals surface area contributed by atoms with Gasteiger partial charge in [0.2, 0.25) is 5.91 Å². The van der Waals surface area contributed by atoms with Crippen molar-refractivity contribution in [2.75, 3.05) is 11.4 Å². The minimum Gasteiger partial charge on any atom is -0.481 e. The van der Waals surface area contributed by atoms with Crippen LogP contribution in [0, 0.1) is 5.92 Å². The highest BCUT2D eigenvalue weighted by Gasteiger charge is 2.35. The molecule has 1 fully saturated rings. The summed E-state index contributed by atoms with van der Waals surface area (Å²) in [6.45, 7) is 0.275. The molecule has 1 aliphatic carbocycles. The molecule has 1 saturated carbocycles. The zero-order valence-electron chi connectivity index (χ0n) is 12.8. The molecule has 4 heteroatoms. The molecule has 1 unspecified atom stereocenters. The second-order valence-electron chi connectivity index (χ2n) is 6.50. The number of carbonyl (C=O) groups is 2. The van der Waals surface area contributed by atoms with Gasteiger partial charge in [-0.25, -0.2) is 0 Å². The molecule has 0 spiro atoms. The predicted molar refractivity (Wildman–Crippen MR) is 85.0 cm³/mol. The molecular formula is C18H23NO3. The molecule has 1 aromatic carbocycles. The summed E-state index contributed by atoms with van der Waals surface area (Å²) in [5, 5.41) is 9.34. The van der Waals surface area contributed by atoms with Gasteiger partial charge in [0.25, 0.3) is 0 Å². The molecule has 2 aliphatic rings. The Labute approximate surface area is 131 Å². The van der Waals surface area contributed by atoms with Gasteiger partial charge in [0, 0.05) is 18.7 Å². The number of hydrogen-bond donors (Lipinski definition) is 1. The number of benzene rings is 1. The van der Waals surface area contributed by atoms with Gasteiger partial charge in [0.15, 0.2) is 0 Å². The van der Waals surface area contributed by atoms with Crippen molar-refractivity contribution in [3.8, 4) is 0 Å². The lowest BCUT2D eigenvalue weighted by atomic mass is 10.0. The normalized spacial score (nSPS) is 21.1. The van der Waals surface area contributed by atoms with Crippen LogP contribution < -0.4 is 4.90 Å². The van der Waals surface area contributed by atoms with E-state index in [1.54, 1.807) is 4.90 Å². The van der Waals surface area contributed by atoms with E-state index in [4.69, 9.17) is 0 Å². The van der Waals surface area contributed by atoms with Crippen LogP contribution in [0.15, 0.2) is 24.3 Å². The summed E-state index contributed by atoms with van der Waals surface area (Å²) >= 11 is 0. The minimum absolute atomic E-state index is 0.0641. The molecule has 0 aromatic heterocycles. The van der Waals surface area contributed by atoms with E-state index in [2.05, 4.69) is 0 Å². The third-order valence-corrected chi connectivity index (χ3v) is 5.05. The molecule has 4 nitrogen and oxygen atoms in total. The van der Waals surface area contributed by atoms with Crippen LogP contribution in [0.25, 0.3) is 0 Å². The van der Waals surface area contributed by atoms with Gasteiger partial charge < -0.3 is 10.0 Å². The van der Waals surface area contributed by atoms with Crippen LogP contribution in [0.4, 0.5) is 5.69 Å². The Bertz CT molecular complexity index is 563. The van der Waals surface area contributed by atoms with Crippen molar-refractivity contribution < 1.29 is 14.7 Å². The first-order valence-corrected chi connectivity index (χ1v) is 8.29. The Morgan fingerprint density at radius 1 is 1.18 bits per heavy atom. The Balaban J connectivity index is 1.62. The number of carboxylic acids is 1. The van der Waals surface area contributed by atoms with E-state index in [0.717, 1.165) is 30.0 Å². The Morgan fingerprint density at radius 3 is 2.64 bits per heavy atom. The molecule has 1 heterocycles. The summed E-state index contributed by atoms with van der Waals surface area (Å²) < 4.78 is 0. The molecule has 0 bridgehead atoms. The van der Waals surface area contributed by atoms with Crippen molar-refractivity contribution in [1.82, 2.24) is 0 Å². The third-order valence-electron chi connectivity index (χ3n) is 5.05. The maximum absolute atomic E-state index is 12.5. The number of carbonyl (C=O) groups excluding carboxylic acids is 1. The topological polar surface area (TPSA) is 57.6 Å². The van der Waals surface area contributed by atoms with E-state index in [1.165, 1.54) is 25.7 Å². The van der Waals surface area contributed by atoms with Crippen LogP contribution in [-0.2, 0) is 9.59 Å². The average molecular weight is 301 g/mol. The van der Waals surface area contributed by atoms with E-state index in [1.807, 2.05) is 24.3 Å². The first-order valence-electron chi connectivity index (χ1n) is 8.29. The lowest BCUT2D eigenvalue weighted by molar-refractivity contribution is -0.138. The first-order chi connectivity index (χ1) is 10.7.